The molecule has 1 fully saturated rings. The highest BCUT2D eigenvalue weighted by molar-refractivity contribution is 5.94. The molecule has 2 heterocycles. The third-order valence-electron chi connectivity index (χ3n) is 3.25. The Morgan fingerprint density at radius 2 is 2.00 bits per heavy atom. The molecule has 8 heteroatoms. The molecule has 1 amide bonds. The molecule has 1 aliphatic heterocycles. The standard InChI is InChI=1S/C13H16N2O6/c16-10-5-8(6-11(17)14-10)13(20)15-3-1-9(2-4-15)21-7-12(18)19/h5-6,9H,1-4,7H2,(H,18,19)(H2,14,16,17). The van der Waals surface area contributed by atoms with E-state index in [0.29, 0.717) is 25.9 Å². The second-order valence-corrected chi connectivity index (χ2v) is 4.81. The number of aromatic nitrogens is 1. The van der Waals surface area contributed by atoms with Gasteiger partial charge < -0.3 is 19.8 Å². The molecule has 3 N–H and O–H groups in total. The zero-order valence-electron chi connectivity index (χ0n) is 11.2. The summed E-state index contributed by atoms with van der Waals surface area (Å²) in [5.41, 5.74) is -0.417. The Labute approximate surface area is 120 Å². The molecule has 0 aromatic carbocycles. The van der Waals surface area contributed by atoms with Crippen molar-refractivity contribution in [3.63, 3.8) is 0 Å². The SMILES string of the molecule is O=C(O)COC1CCN(C(=O)c2cc(O)[nH]c(=O)c2)CC1. The lowest BCUT2D eigenvalue weighted by molar-refractivity contribution is -0.145. The number of nitrogens with zero attached hydrogens (tertiary/aromatic N) is 1. The van der Waals surface area contributed by atoms with Gasteiger partial charge in [-0.05, 0) is 12.8 Å². The van der Waals surface area contributed by atoms with Crippen LogP contribution in [0.1, 0.15) is 23.2 Å². The van der Waals surface area contributed by atoms with Crippen molar-refractivity contribution in [3.8, 4) is 5.88 Å². The van der Waals surface area contributed by atoms with Gasteiger partial charge in [0.25, 0.3) is 11.5 Å². The molecule has 0 radical (unpaired) electrons. The van der Waals surface area contributed by atoms with E-state index in [1.165, 1.54) is 6.07 Å². The van der Waals surface area contributed by atoms with Crippen molar-refractivity contribution >= 4 is 11.9 Å². The van der Waals surface area contributed by atoms with E-state index in [-0.39, 0.29) is 30.1 Å². The molecule has 1 saturated heterocycles. The van der Waals surface area contributed by atoms with Crippen LogP contribution in [0.25, 0.3) is 0 Å². The first kappa shape index (κ1) is 15.0. The van der Waals surface area contributed by atoms with Gasteiger partial charge in [0.2, 0.25) is 0 Å². The van der Waals surface area contributed by atoms with Crippen LogP contribution in [0.3, 0.4) is 0 Å². The summed E-state index contributed by atoms with van der Waals surface area (Å²) >= 11 is 0. The lowest BCUT2D eigenvalue weighted by Gasteiger charge is -2.31. The van der Waals surface area contributed by atoms with Crippen molar-refractivity contribution in [1.29, 1.82) is 0 Å². The summed E-state index contributed by atoms with van der Waals surface area (Å²) in [5, 5.41) is 17.8. The molecule has 2 rings (SSSR count). The van der Waals surface area contributed by atoms with Gasteiger partial charge in [-0.25, -0.2) is 4.79 Å². The molecule has 0 bridgehead atoms. The van der Waals surface area contributed by atoms with Crippen molar-refractivity contribution in [2.45, 2.75) is 18.9 Å². The van der Waals surface area contributed by atoms with Crippen LogP contribution in [-0.2, 0) is 9.53 Å². The molecule has 0 saturated carbocycles. The molecule has 114 valence electrons. The van der Waals surface area contributed by atoms with Gasteiger partial charge in [0.05, 0.1) is 11.7 Å². The van der Waals surface area contributed by atoms with E-state index >= 15 is 0 Å². The number of likely N-dealkylation sites (tertiary alicyclic amines) is 1. The number of hydrogen-bond acceptors (Lipinski definition) is 5. The maximum Gasteiger partial charge on any atom is 0.329 e. The molecule has 1 aromatic heterocycles. The van der Waals surface area contributed by atoms with E-state index < -0.39 is 11.5 Å². The zero-order chi connectivity index (χ0) is 15.4. The van der Waals surface area contributed by atoms with E-state index in [4.69, 9.17) is 9.84 Å². The van der Waals surface area contributed by atoms with Crippen molar-refractivity contribution < 1.29 is 24.5 Å². The average molecular weight is 296 g/mol. The monoisotopic (exact) mass is 296 g/mol. The molecule has 0 unspecified atom stereocenters. The number of nitrogens with one attached hydrogen (secondary N) is 1. The first-order valence-electron chi connectivity index (χ1n) is 6.51. The van der Waals surface area contributed by atoms with Gasteiger partial charge >= 0.3 is 5.97 Å². The van der Waals surface area contributed by atoms with E-state index in [2.05, 4.69) is 4.98 Å². The molecular formula is C13H16N2O6. The highest BCUT2D eigenvalue weighted by Gasteiger charge is 2.25. The summed E-state index contributed by atoms with van der Waals surface area (Å²) in [6.45, 7) is 0.480. The van der Waals surface area contributed by atoms with Gasteiger partial charge in [0.15, 0.2) is 5.88 Å². The Bertz CT molecular complexity index is 589. The molecule has 1 aliphatic rings. The fourth-order valence-corrected chi connectivity index (χ4v) is 2.25. The summed E-state index contributed by atoms with van der Waals surface area (Å²) in [7, 11) is 0. The molecule has 8 nitrogen and oxygen atoms in total. The number of carbonyl (C=O) groups is 2. The fourth-order valence-electron chi connectivity index (χ4n) is 2.25. The van der Waals surface area contributed by atoms with Crippen LogP contribution in [0.2, 0.25) is 0 Å². The second kappa shape index (κ2) is 6.40. The largest absolute Gasteiger partial charge is 0.494 e. The van der Waals surface area contributed by atoms with Gasteiger partial charge in [-0.1, -0.05) is 0 Å². The number of ether oxygens (including phenoxy) is 1. The maximum atomic E-state index is 12.2. The number of pyridine rings is 1. The van der Waals surface area contributed by atoms with Gasteiger partial charge in [-0.2, -0.15) is 0 Å². The number of aliphatic carboxylic acids is 1. The van der Waals surface area contributed by atoms with Gasteiger partial charge in [0, 0.05) is 25.2 Å². The number of carbonyl (C=O) groups excluding carboxylic acids is 1. The highest BCUT2D eigenvalue weighted by Crippen LogP contribution is 2.16. The van der Waals surface area contributed by atoms with Crippen LogP contribution in [0.5, 0.6) is 5.88 Å². The fraction of sp³-hybridized carbons (Fsp3) is 0.462. The Hall–Kier alpha value is -2.35. The first-order chi connectivity index (χ1) is 9.95. The highest BCUT2D eigenvalue weighted by atomic mass is 16.5. The summed E-state index contributed by atoms with van der Waals surface area (Å²) in [4.78, 5) is 37.6. The molecular weight excluding hydrogens is 280 g/mol. The molecule has 1 aromatic rings. The number of aromatic amines is 1. The third kappa shape index (κ3) is 4.06. The maximum absolute atomic E-state index is 12.2. The molecule has 21 heavy (non-hydrogen) atoms. The number of H-pyrrole nitrogens is 1. The van der Waals surface area contributed by atoms with Crippen molar-refractivity contribution in [1.82, 2.24) is 9.88 Å². The lowest BCUT2D eigenvalue weighted by Crippen LogP contribution is -2.41. The molecule has 0 atom stereocenters. The predicted molar refractivity (Wildman–Crippen MR) is 71.2 cm³/mol. The summed E-state index contributed by atoms with van der Waals surface area (Å²) in [5.74, 6) is -1.72. The summed E-state index contributed by atoms with van der Waals surface area (Å²) in [6, 6.07) is 2.34. The van der Waals surface area contributed by atoms with Crippen LogP contribution in [0, 0.1) is 0 Å². The van der Waals surface area contributed by atoms with E-state index in [1.807, 2.05) is 0 Å². The van der Waals surface area contributed by atoms with Crippen LogP contribution in [-0.4, -0.2) is 57.8 Å². The quantitative estimate of drug-likeness (QED) is 0.707. The van der Waals surface area contributed by atoms with Crippen LogP contribution >= 0.6 is 0 Å². The van der Waals surface area contributed by atoms with Gasteiger partial charge in [-0.3, -0.25) is 14.6 Å². The Kier molecular flexibility index (Phi) is 4.59. The van der Waals surface area contributed by atoms with E-state index in [1.54, 1.807) is 4.90 Å². The van der Waals surface area contributed by atoms with Crippen molar-refractivity contribution in [3.05, 3.63) is 28.0 Å². The number of carboxylic acids is 1. The predicted octanol–water partition coefficient (Wildman–Crippen LogP) is -0.214. The molecule has 0 spiro atoms. The smallest absolute Gasteiger partial charge is 0.329 e. The number of amides is 1. The van der Waals surface area contributed by atoms with Crippen molar-refractivity contribution in [2.24, 2.45) is 0 Å². The topological polar surface area (TPSA) is 120 Å². The van der Waals surface area contributed by atoms with Gasteiger partial charge in [-0.15, -0.1) is 0 Å². The lowest BCUT2D eigenvalue weighted by atomic mass is 10.1. The second-order valence-electron chi connectivity index (χ2n) is 4.81. The first-order valence-corrected chi connectivity index (χ1v) is 6.51. The summed E-state index contributed by atoms with van der Waals surface area (Å²) in [6.07, 6.45) is 0.889. The van der Waals surface area contributed by atoms with Crippen LogP contribution in [0.15, 0.2) is 16.9 Å². The number of aromatic hydroxyl groups is 1. The Morgan fingerprint density at radius 3 is 2.57 bits per heavy atom. The molecule has 0 aliphatic carbocycles. The number of hydrogen-bond donors (Lipinski definition) is 3. The minimum Gasteiger partial charge on any atom is -0.494 e. The van der Waals surface area contributed by atoms with E-state index in [0.717, 1.165) is 6.07 Å². The summed E-state index contributed by atoms with van der Waals surface area (Å²) < 4.78 is 5.18. The third-order valence-corrected chi connectivity index (χ3v) is 3.25. The number of carboxylic acid groups (broad SMARTS) is 1. The normalized spacial score (nSPS) is 15.9. The number of piperidine rings is 1. The van der Waals surface area contributed by atoms with Crippen molar-refractivity contribution in [2.75, 3.05) is 19.7 Å². The van der Waals surface area contributed by atoms with Crippen LogP contribution < -0.4 is 5.56 Å². The Balaban J connectivity index is 1.94. The number of rotatable bonds is 4. The zero-order valence-corrected chi connectivity index (χ0v) is 11.2. The minimum absolute atomic E-state index is 0.126. The average Bonchev–Trinajstić information content (AvgIpc) is 2.44. The van der Waals surface area contributed by atoms with Crippen LogP contribution in [0.4, 0.5) is 0 Å². The Morgan fingerprint density at radius 1 is 1.33 bits per heavy atom. The minimum atomic E-state index is -1.02. The van der Waals surface area contributed by atoms with E-state index in [9.17, 15) is 19.5 Å². The van der Waals surface area contributed by atoms with Gasteiger partial charge in [0.1, 0.15) is 6.61 Å².